The van der Waals surface area contributed by atoms with Crippen LogP contribution in [0.4, 0.5) is 0 Å². The van der Waals surface area contributed by atoms with E-state index in [1.54, 1.807) is 13.0 Å². The monoisotopic (exact) mass is 220 g/mol. The summed E-state index contributed by atoms with van der Waals surface area (Å²) in [5, 5.41) is 0. The van der Waals surface area contributed by atoms with Crippen LogP contribution < -0.4 is 4.74 Å². The number of esters is 1. The summed E-state index contributed by atoms with van der Waals surface area (Å²) in [6, 6.07) is 7.55. The fourth-order valence-corrected chi connectivity index (χ4v) is 1.25. The van der Waals surface area contributed by atoms with Crippen LogP contribution in [-0.2, 0) is 9.53 Å². The first-order valence-electron chi connectivity index (χ1n) is 5.34. The van der Waals surface area contributed by atoms with Gasteiger partial charge in [-0.3, -0.25) is 0 Å². The topological polar surface area (TPSA) is 35.5 Å². The molecule has 0 saturated heterocycles. The Kier molecular flexibility index (Phi) is 5.12. The zero-order valence-electron chi connectivity index (χ0n) is 9.60. The fourth-order valence-electron chi connectivity index (χ4n) is 1.25. The van der Waals surface area contributed by atoms with Crippen molar-refractivity contribution in [2.45, 2.75) is 13.8 Å². The van der Waals surface area contributed by atoms with Crippen molar-refractivity contribution in [3.05, 3.63) is 35.9 Å². The van der Waals surface area contributed by atoms with Gasteiger partial charge in [0.1, 0.15) is 5.75 Å². The molecule has 0 amide bonds. The molecule has 0 bridgehead atoms. The molecule has 0 unspecified atom stereocenters. The number of carbonyl (C=O) groups is 1. The highest BCUT2D eigenvalue weighted by Gasteiger charge is 1.99. The van der Waals surface area contributed by atoms with Crippen molar-refractivity contribution < 1.29 is 14.3 Å². The molecule has 0 atom stereocenters. The molecule has 3 nitrogen and oxygen atoms in total. The molecule has 1 aromatic rings. The van der Waals surface area contributed by atoms with Crippen LogP contribution in [0.5, 0.6) is 5.75 Å². The fraction of sp³-hybridized carbons (Fsp3) is 0.308. The molecule has 16 heavy (non-hydrogen) atoms. The predicted octanol–water partition coefficient (Wildman–Crippen LogP) is 2.66. The molecular weight excluding hydrogens is 204 g/mol. The smallest absolute Gasteiger partial charge is 0.330 e. The van der Waals surface area contributed by atoms with E-state index < -0.39 is 0 Å². The molecule has 0 fully saturated rings. The summed E-state index contributed by atoms with van der Waals surface area (Å²) < 4.78 is 10.2. The Labute approximate surface area is 95.7 Å². The van der Waals surface area contributed by atoms with Crippen molar-refractivity contribution in [1.29, 1.82) is 0 Å². The molecule has 0 aliphatic rings. The summed E-state index contributed by atoms with van der Waals surface area (Å²) >= 11 is 0. The molecule has 86 valence electrons. The molecule has 1 rings (SSSR count). The normalized spacial score (nSPS) is 10.4. The predicted molar refractivity (Wildman–Crippen MR) is 63.3 cm³/mol. The SMILES string of the molecule is CCOC(=O)/C=C/c1ccccc1OCC. The Hall–Kier alpha value is -1.77. The van der Waals surface area contributed by atoms with E-state index in [4.69, 9.17) is 9.47 Å². The number of hydrogen-bond donors (Lipinski definition) is 0. The lowest BCUT2D eigenvalue weighted by Gasteiger charge is -2.05. The average molecular weight is 220 g/mol. The van der Waals surface area contributed by atoms with E-state index in [2.05, 4.69) is 0 Å². The lowest BCUT2D eigenvalue weighted by atomic mass is 10.2. The lowest BCUT2D eigenvalue weighted by molar-refractivity contribution is -0.137. The Morgan fingerprint density at radius 2 is 2.00 bits per heavy atom. The molecule has 0 aromatic heterocycles. The Balaban J connectivity index is 2.75. The highest BCUT2D eigenvalue weighted by atomic mass is 16.5. The van der Waals surface area contributed by atoms with Gasteiger partial charge in [-0.1, -0.05) is 18.2 Å². The van der Waals surface area contributed by atoms with Gasteiger partial charge in [0.15, 0.2) is 0 Å². The van der Waals surface area contributed by atoms with Crippen molar-refractivity contribution in [3.8, 4) is 5.75 Å². The number of para-hydroxylation sites is 1. The summed E-state index contributed by atoms with van der Waals surface area (Å²) in [7, 11) is 0. The third kappa shape index (κ3) is 3.77. The molecule has 0 N–H and O–H groups in total. The summed E-state index contributed by atoms with van der Waals surface area (Å²) in [5.41, 5.74) is 0.873. The summed E-state index contributed by atoms with van der Waals surface area (Å²) in [6.45, 7) is 4.69. The number of carbonyl (C=O) groups excluding carboxylic acids is 1. The largest absolute Gasteiger partial charge is 0.493 e. The minimum atomic E-state index is -0.339. The van der Waals surface area contributed by atoms with Gasteiger partial charge < -0.3 is 9.47 Å². The summed E-state index contributed by atoms with van der Waals surface area (Å²) in [6.07, 6.45) is 3.10. The second-order valence-electron chi connectivity index (χ2n) is 3.06. The van der Waals surface area contributed by atoms with E-state index >= 15 is 0 Å². The van der Waals surface area contributed by atoms with Crippen molar-refractivity contribution in [1.82, 2.24) is 0 Å². The van der Waals surface area contributed by atoms with Gasteiger partial charge in [-0.25, -0.2) is 4.79 Å². The first-order valence-corrected chi connectivity index (χ1v) is 5.34. The van der Waals surface area contributed by atoms with Gasteiger partial charge in [0.25, 0.3) is 0 Å². The summed E-state index contributed by atoms with van der Waals surface area (Å²) in [5.74, 6) is 0.430. The standard InChI is InChI=1S/C13H16O3/c1-3-15-12-8-6-5-7-11(12)9-10-13(14)16-4-2/h5-10H,3-4H2,1-2H3/b10-9+. The zero-order chi connectivity index (χ0) is 11.8. The number of hydrogen-bond acceptors (Lipinski definition) is 3. The van der Waals surface area contributed by atoms with Gasteiger partial charge in [0.05, 0.1) is 13.2 Å². The van der Waals surface area contributed by atoms with Crippen LogP contribution in [0.3, 0.4) is 0 Å². The number of benzene rings is 1. The van der Waals surface area contributed by atoms with E-state index in [-0.39, 0.29) is 5.97 Å². The Bertz CT molecular complexity index is 369. The van der Waals surface area contributed by atoms with Gasteiger partial charge in [-0.2, -0.15) is 0 Å². The molecule has 0 radical (unpaired) electrons. The lowest BCUT2D eigenvalue weighted by Crippen LogP contribution is -1.99. The minimum absolute atomic E-state index is 0.339. The minimum Gasteiger partial charge on any atom is -0.493 e. The second-order valence-corrected chi connectivity index (χ2v) is 3.06. The van der Waals surface area contributed by atoms with Crippen LogP contribution in [0.15, 0.2) is 30.3 Å². The van der Waals surface area contributed by atoms with E-state index in [9.17, 15) is 4.79 Å². The molecule has 0 aliphatic carbocycles. The van der Waals surface area contributed by atoms with Crippen molar-refractivity contribution in [2.75, 3.05) is 13.2 Å². The van der Waals surface area contributed by atoms with Gasteiger partial charge in [0, 0.05) is 11.6 Å². The highest BCUT2D eigenvalue weighted by molar-refractivity contribution is 5.87. The van der Waals surface area contributed by atoms with E-state index in [1.165, 1.54) is 6.08 Å². The van der Waals surface area contributed by atoms with Crippen LogP contribution in [0.25, 0.3) is 6.08 Å². The van der Waals surface area contributed by atoms with Gasteiger partial charge >= 0.3 is 5.97 Å². The molecule has 0 aliphatic heterocycles. The molecule has 1 aromatic carbocycles. The number of ether oxygens (including phenoxy) is 2. The van der Waals surface area contributed by atoms with E-state index in [0.717, 1.165) is 11.3 Å². The first kappa shape index (κ1) is 12.3. The van der Waals surface area contributed by atoms with Crippen molar-refractivity contribution >= 4 is 12.0 Å². The maximum atomic E-state index is 11.1. The highest BCUT2D eigenvalue weighted by Crippen LogP contribution is 2.19. The van der Waals surface area contributed by atoms with Gasteiger partial charge in [-0.05, 0) is 26.0 Å². The molecule has 0 heterocycles. The van der Waals surface area contributed by atoms with Crippen LogP contribution in [0.1, 0.15) is 19.4 Å². The zero-order valence-corrected chi connectivity index (χ0v) is 9.60. The van der Waals surface area contributed by atoms with Gasteiger partial charge in [-0.15, -0.1) is 0 Å². The number of rotatable bonds is 5. The van der Waals surface area contributed by atoms with Crippen LogP contribution >= 0.6 is 0 Å². The van der Waals surface area contributed by atoms with E-state index in [1.807, 2.05) is 31.2 Å². The third-order valence-electron chi connectivity index (χ3n) is 1.90. The Morgan fingerprint density at radius 1 is 1.25 bits per heavy atom. The van der Waals surface area contributed by atoms with Gasteiger partial charge in [0.2, 0.25) is 0 Å². The molecule has 0 saturated carbocycles. The van der Waals surface area contributed by atoms with Crippen LogP contribution in [0.2, 0.25) is 0 Å². The second kappa shape index (κ2) is 6.67. The van der Waals surface area contributed by atoms with Crippen molar-refractivity contribution in [3.63, 3.8) is 0 Å². The van der Waals surface area contributed by atoms with Crippen LogP contribution in [-0.4, -0.2) is 19.2 Å². The molecular formula is C13H16O3. The van der Waals surface area contributed by atoms with E-state index in [0.29, 0.717) is 13.2 Å². The maximum absolute atomic E-state index is 11.1. The quantitative estimate of drug-likeness (QED) is 0.565. The maximum Gasteiger partial charge on any atom is 0.330 e. The van der Waals surface area contributed by atoms with Crippen LogP contribution in [0, 0.1) is 0 Å². The van der Waals surface area contributed by atoms with Crippen molar-refractivity contribution in [2.24, 2.45) is 0 Å². The third-order valence-corrected chi connectivity index (χ3v) is 1.90. The molecule has 3 heteroatoms. The molecule has 0 spiro atoms. The summed E-state index contributed by atoms with van der Waals surface area (Å²) in [4.78, 5) is 11.1. The average Bonchev–Trinajstić information content (AvgIpc) is 2.29. The first-order chi connectivity index (χ1) is 7.77. The Morgan fingerprint density at radius 3 is 2.69 bits per heavy atom.